The zero-order valence-corrected chi connectivity index (χ0v) is 18.4. The van der Waals surface area contributed by atoms with E-state index in [2.05, 4.69) is 4.90 Å². The van der Waals surface area contributed by atoms with Crippen LogP contribution in [0.3, 0.4) is 0 Å². The number of ketones is 1. The Morgan fingerprint density at radius 2 is 1.84 bits per heavy atom. The number of amides is 1. The molecule has 170 valence electrons. The maximum atomic E-state index is 13.2. The molecule has 8 heteroatoms. The van der Waals surface area contributed by atoms with Crippen molar-refractivity contribution >= 4 is 11.7 Å². The molecule has 1 fully saturated rings. The summed E-state index contributed by atoms with van der Waals surface area (Å²) in [5, 5.41) is 10.7. The first-order chi connectivity index (χ1) is 15.5. The van der Waals surface area contributed by atoms with Crippen LogP contribution >= 0.6 is 0 Å². The number of aliphatic hydroxyl groups is 1. The van der Waals surface area contributed by atoms with Crippen molar-refractivity contribution in [2.75, 3.05) is 40.4 Å². The number of aliphatic hydroxyl groups excluding tert-OH is 1. The normalized spacial score (nSPS) is 19.5. The summed E-state index contributed by atoms with van der Waals surface area (Å²) in [6.45, 7) is 3.03. The van der Waals surface area contributed by atoms with E-state index < -0.39 is 23.5 Å². The summed E-state index contributed by atoms with van der Waals surface area (Å²) in [5.41, 5.74) is 0.657. The third kappa shape index (κ3) is 4.10. The largest absolute Gasteiger partial charge is 0.503 e. The van der Waals surface area contributed by atoms with Crippen LogP contribution in [0.4, 0.5) is 0 Å². The van der Waals surface area contributed by atoms with Crippen LogP contribution in [0.1, 0.15) is 41.4 Å². The maximum absolute atomic E-state index is 13.2. The van der Waals surface area contributed by atoms with Gasteiger partial charge in [-0.25, -0.2) is 0 Å². The summed E-state index contributed by atoms with van der Waals surface area (Å²) in [5.74, 6) is -0.525. The van der Waals surface area contributed by atoms with Gasteiger partial charge in [0, 0.05) is 13.1 Å². The fourth-order valence-electron chi connectivity index (χ4n) is 4.46. The van der Waals surface area contributed by atoms with Crippen molar-refractivity contribution in [1.29, 1.82) is 0 Å². The second-order valence-corrected chi connectivity index (χ2v) is 7.99. The molecule has 3 heterocycles. The van der Waals surface area contributed by atoms with E-state index in [1.807, 2.05) is 0 Å². The Kier molecular flexibility index (Phi) is 6.50. The average molecular weight is 440 g/mol. The highest BCUT2D eigenvalue weighted by atomic mass is 16.5. The van der Waals surface area contributed by atoms with Crippen molar-refractivity contribution in [3.8, 4) is 11.5 Å². The molecule has 0 radical (unpaired) electrons. The predicted molar refractivity (Wildman–Crippen MR) is 117 cm³/mol. The lowest BCUT2D eigenvalue weighted by atomic mass is 9.94. The number of carbonyl (C=O) groups excluding carboxylic acids is 2. The molecular weight excluding hydrogens is 412 g/mol. The summed E-state index contributed by atoms with van der Waals surface area (Å²) in [6, 6.07) is 7.60. The van der Waals surface area contributed by atoms with Gasteiger partial charge in [0.25, 0.3) is 5.91 Å². The van der Waals surface area contributed by atoms with E-state index >= 15 is 0 Å². The standard InChI is InChI=1S/C24H28N2O6/c1-30-17-9-8-16(15-19(17)31-2)21-20(22(27)18-7-6-14-32-18)23(28)24(29)26(21)13-12-25-10-4-3-5-11-25/h6-9,14-15,21,28H,3-5,10-13H2,1-2H3. The number of ether oxygens (including phenoxy) is 2. The van der Waals surface area contributed by atoms with Crippen LogP contribution in [0.15, 0.2) is 52.3 Å². The number of nitrogens with zero attached hydrogens (tertiary/aromatic N) is 2. The van der Waals surface area contributed by atoms with Gasteiger partial charge in [0.05, 0.1) is 32.1 Å². The molecule has 1 atom stereocenters. The van der Waals surface area contributed by atoms with Crippen molar-refractivity contribution in [2.24, 2.45) is 0 Å². The van der Waals surface area contributed by atoms with Crippen molar-refractivity contribution in [3.63, 3.8) is 0 Å². The monoisotopic (exact) mass is 440 g/mol. The number of methoxy groups -OCH3 is 2. The molecule has 0 bridgehead atoms. The highest BCUT2D eigenvalue weighted by Crippen LogP contribution is 2.41. The molecule has 8 nitrogen and oxygen atoms in total. The molecule has 1 N–H and O–H groups in total. The van der Waals surface area contributed by atoms with Crippen molar-refractivity contribution in [1.82, 2.24) is 9.80 Å². The number of likely N-dealkylation sites (tertiary alicyclic amines) is 1. The molecule has 0 saturated carbocycles. The van der Waals surface area contributed by atoms with E-state index in [9.17, 15) is 14.7 Å². The van der Waals surface area contributed by atoms with Gasteiger partial charge < -0.3 is 28.8 Å². The van der Waals surface area contributed by atoms with E-state index in [1.165, 1.54) is 25.9 Å². The number of carbonyl (C=O) groups is 2. The summed E-state index contributed by atoms with van der Waals surface area (Å²) < 4.78 is 16.0. The number of hydrogen-bond acceptors (Lipinski definition) is 7. The molecule has 32 heavy (non-hydrogen) atoms. The lowest BCUT2D eigenvalue weighted by Crippen LogP contribution is -2.40. The van der Waals surface area contributed by atoms with Crippen LogP contribution in [0.25, 0.3) is 0 Å². The fourth-order valence-corrected chi connectivity index (χ4v) is 4.46. The average Bonchev–Trinajstić information content (AvgIpc) is 3.45. The smallest absolute Gasteiger partial charge is 0.290 e. The van der Waals surface area contributed by atoms with Gasteiger partial charge in [-0.2, -0.15) is 0 Å². The lowest BCUT2D eigenvalue weighted by molar-refractivity contribution is -0.129. The third-order valence-corrected chi connectivity index (χ3v) is 6.12. The molecule has 1 unspecified atom stereocenters. The lowest BCUT2D eigenvalue weighted by Gasteiger charge is -2.31. The topological polar surface area (TPSA) is 92.5 Å². The minimum Gasteiger partial charge on any atom is -0.503 e. The molecule has 1 saturated heterocycles. The van der Waals surface area contributed by atoms with Gasteiger partial charge in [0.1, 0.15) is 0 Å². The van der Waals surface area contributed by atoms with Crippen molar-refractivity contribution < 1.29 is 28.6 Å². The second-order valence-electron chi connectivity index (χ2n) is 7.99. The molecule has 4 rings (SSSR count). The molecule has 2 aliphatic rings. The van der Waals surface area contributed by atoms with E-state index in [0.29, 0.717) is 30.2 Å². The fraction of sp³-hybridized carbons (Fsp3) is 0.417. The van der Waals surface area contributed by atoms with Crippen LogP contribution in [0, 0.1) is 0 Å². The first-order valence-corrected chi connectivity index (χ1v) is 10.8. The molecule has 1 aromatic heterocycles. The van der Waals surface area contributed by atoms with Gasteiger partial charge in [-0.3, -0.25) is 9.59 Å². The Hall–Kier alpha value is -3.26. The Balaban J connectivity index is 1.71. The number of Topliss-reactive ketones (excluding diaryl/α,β-unsaturated/α-hetero) is 1. The zero-order chi connectivity index (χ0) is 22.7. The summed E-state index contributed by atoms with van der Waals surface area (Å²) >= 11 is 0. The maximum Gasteiger partial charge on any atom is 0.290 e. The Morgan fingerprint density at radius 1 is 1.09 bits per heavy atom. The number of furan rings is 1. The molecule has 2 aromatic rings. The van der Waals surface area contributed by atoms with Gasteiger partial charge in [-0.05, 0) is 55.8 Å². The van der Waals surface area contributed by atoms with Crippen LogP contribution < -0.4 is 9.47 Å². The number of rotatable bonds is 8. The van der Waals surface area contributed by atoms with Crippen LogP contribution in [-0.2, 0) is 4.79 Å². The summed E-state index contributed by atoms with van der Waals surface area (Å²) in [7, 11) is 3.07. The molecule has 2 aliphatic heterocycles. The number of benzene rings is 1. The van der Waals surface area contributed by atoms with E-state index in [0.717, 1.165) is 25.9 Å². The Labute approximate surface area is 187 Å². The van der Waals surface area contributed by atoms with Gasteiger partial charge in [-0.1, -0.05) is 12.5 Å². The second kappa shape index (κ2) is 9.48. The van der Waals surface area contributed by atoms with Crippen molar-refractivity contribution in [2.45, 2.75) is 25.3 Å². The van der Waals surface area contributed by atoms with E-state index in [-0.39, 0.29) is 11.3 Å². The van der Waals surface area contributed by atoms with Gasteiger partial charge in [0.2, 0.25) is 5.78 Å². The minimum absolute atomic E-state index is 0.0100. The van der Waals surface area contributed by atoms with Crippen LogP contribution in [0.5, 0.6) is 11.5 Å². The molecule has 1 amide bonds. The highest BCUT2D eigenvalue weighted by molar-refractivity contribution is 6.15. The molecule has 0 spiro atoms. The molecular formula is C24H28N2O6. The minimum atomic E-state index is -0.760. The van der Waals surface area contributed by atoms with Crippen LogP contribution in [-0.4, -0.2) is 67.0 Å². The predicted octanol–water partition coefficient (Wildman–Crippen LogP) is 3.36. The molecule has 1 aromatic carbocycles. The third-order valence-electron chi connectivity index (χ3n) is 6.12. The Bertz CT molecular complexity index is 1010. The summed E-state index contributed by atoms with van der Waals surface area (Å²) in [6.07, 6.45) is 4.89. The van der Waals surface area contributed by atoms with Gasteiger partial charge in [0.15, 0.2) is 23.0 Å². The van der Waals surface area contributed by atoms with E-state index in [4.69, 9.17) is 13.9 Å². The quantitative estimate of drug-likeness (QED) is 0.629. The van der Waals surface area contributed by atoms with Gasteiger partial charge >= 0.3 is 0 Å². The SMILES string of the molecule is COc1ccc(C2C(C(=O)c3ccco3)=C(O)C(=O)N2CCN2CCCCC2)cc1OC. The Morgan fingerprint density at radius 3 is 2.50 bits per heavy atom. The summed E-state index contributed by atoms with van der Waals surface area (Å²) in [4.78, 5) is 30.2. The van der Waals surface area contributed by atoms with Gasteiger partial charge in [-0.15, -0.1) is 0 Å². The first-order valence-electron chi connectivity index (χ1n) is 10.8. The van der Waals surface area contributed by atoms with Crippen molar-refractivity contribution in [3.05, 3.63) is 59.3 Å². The van der Waals surface area contributed by atoms with Crippen LogP contribution in [0.2, 0.25) is 0 Å². The number of hydrogen-bond donors (Lipinski definition) is 1. The first kappa shape index (κ1) is 22.0. The zero-order valence-electron chi connectivity index (χ0n) is 18.4. The molecule has 0 aliphatic carbocycles. The number of piperidine rings is 1. The van der Waals surface area contributed by atoms with E-state index in [1.54, 1.807) is 36.3 Å². The highest BCUT2D eigenvalue weighted by Gasteiger charge is 2.44.